The van der Waals surface area contributed by atoms with E-state index in [1.165, 1.54) is 44.5 Å². The number of likely N-dealkylation sites (N-methyl/N-ethyl adjacent to an activating group) is 1. The number of nitrogens with zero attached hydrogens (tertiary/aromatic N) is 6. The predicted molar refractivity (Wildman–Crippen MR) is 110 cm³/mol. The standard InChI is InChI=1S/C21H36N6/c1-17(2)6-7-25-8-10-26(11-9-25)14-18-12-22-21(23-13-18)27-19-4-5-20(27)16-24(3)15-19/h12-13,17,19-20H,4-11,14-16H2,1-3H3. The second-order valence-corrected chi connectivity index (χ2v) is 9.21. The van der Waals surface area contributed by atoms with Gasteiger partial charge >= 0.3 is 0 Å². The summed E-state index contributed by atoms with van der Waals surface area (Å²) in [4.78, 5) is 19.6. The second-order valence-electron chi connectivity index (χ2n) is 9.21. The van der Waals surface area contributed by atoms with Crippen LogP contribution in [0.3, 0.4) is 0 Å². The van der Waals surface area contributed by atoms with Crippen molar-refractivity contribution in [2.24, 2.45) is 5.92 Å². The summed E-state index contributed by atoms with van der Waals surface area (Å²) in [7, 11) is 2.23. The number of anilines is 1. The molecule has 2 atom stereocenters. The maximum absolute atomic E-state index is 4.76. The average Bonchev–Trinajstić information content (AvgIpc) is 2.93. The Balaban J connectivity index is 1.28. The lowest BCUT2D eigenvalue weighted by atomic mass is 10.1. The first-order chi connectivity index (χ1) is 13.1. The Hall–Kier alpha value is -1.24. The molecule has 6 nitrogen and oxygen atoms in total. The summed E-state index contributed by atoms with van der Waals surface area (Å²) in [5.74, 6) is 1.74. The first-order valence-electron chi connectivity index (χ1n) is 10.8. The lowest BCUT2D eigenvalue weighted by Crippen LogP contribution is -2.53. The van der Waals surface area contributed by atoms with Crippen LogP contribution in [0.25, 0.3) is 0 Å². The van der Waals surface area contributed by atoms with Gasteiger partial charge in [0.25, 0.3) is 0 Å². The lowest BCUT2D eigenvalue weighted by Gasteiger charge is -2.39. The van der Waals surface area contributed by atoms with Crippen molar-refractivity contribution in [3.05, 3.63) is 18.0 Å². The molecule has 4 rings (SSSR count). The van der Waals surface area contributed by atoms with E-state index in [0.29, 0.717) is 12.1 Å². The molecule has 0 amide bonds. The molecule has 6 heteroatoms. The van der Waals surface area contributed by atoms with E-state index < -0.39 is 0 Å². The number of hydrogen-bond acceptors (Lipinski definition) is 6. The first kappa shape index (κ1) is 19.1. The molecule has 3 aliphatic rings. The van der Waals surface area contributed by atoms with E-state index in [-0.39, 0.29) is 0 Å². The molecule has 4 heterocycles. The first-order valence-corrected chi connectivity index (χ1v) is 10.8. The molecule has 0 N–H and O–H groups in total. The van der Waals surface area contributed by atoms with Gasteiger partial charge < -0.3 is 14.7 Å². The van der Waals surface area contributed by atoms with Crippen molar-refractivity contribution in [1.82, 2.24) is 24.7 Å². The number of hydrogen-bond donors (Lipinski definition) is 0. The van der Waals surface area contributed by atoms with E-state index in [9.17, 15) is 0 Å². The van der Waals surface area contributed by atoms with Gasteiger partial charge in [-0.05, 0) is 38.8 Å². The number of fused-ring (bicyclic) bond motifs is 2. The molecular formula is C21H36N6. The third kappa shape index (κ3) is 4.61. The number of piperazine rings is 2. The van der Waals surface area contributed by atoms with Crippen LogP contribution in [0.2, 0.25) is 0 Å². The summed E-state index contributed by atoms with van der Waals surface area (Å²) in [5, 5.41) is 0. The maximum Gasteiger partial charge on any atom is 0.225 e. The Morgan fingerprint density at radius 1 is 0.963 bits per heavy atom. The van der Waals surface area contributed by atoms with Crippen LogP contribution in [0.15, 0.2) is 12.4 Å². The zero-order chi connectivity index (χ0) is 18.8. The van der Waals surface area contributed by atoms with E-state index >= 15 is 0 Å². The lowest BCUT2D eigenvalue weighted by molar-refractivity contribution is 0.123. The van der Waals surface area contributed by atoms with Crippen molar-refractivity contribution >= 4 is 5.95 Å². The highest BCUT2D eigenvalue weighted by atomic mass is 15.4. The normalized spacial score (nSPS) is 27.6. The van der Waals surface area contributed by atoms with Gasteiger partial charge in [-0.15, -0.1) is 0 Å². The Morgan fingerprint density at radius 3 is 2.15 bits per heavy atom. The van der Waals surface area contributed by atoms with Crippen LogP contribution in [0.1, 0.15) is 38.7 Å². The Labute approximate surface area is 164 Å². The van der Waals surface area contributed by atoms with Crippen molar-refractivity contribution < 1.29 is 0 Å². The van der Waals surface area contributed by atoms with Gasteiger partial charge in [0.05, 0.1) is 0 Å². The highest BCUT2D eigenvalue weighted by Gasteiger charge is 2.40. The molecule has 0 aliphatic carbocycles. The summed E-state index contributed by atoms with van der Waals surface area (Å²) in [5.41, 5.74) is 1.25. The molecular weight excluding hydrogens is 336 g/mol. The van der Waals surface area contributed by atoms with Crippen LogP contribution in [-0.4, -0.2) is 89.6 Å². The summed E-state index contributed by atoms with van der Waals surface area (Å²) < 4.78 is 0. The number of rotatable bonds is 6. The van der Waals surface area contributed by atoms with Gasteiger partial charge in [0.2, 0.25) is 5.95 Å². The molecule has 0 aromatic carbocycles. The molecule has 3 aliphatic heterocycles. The Kier molecular flexibility index (Phi) is 5.95. The minimum atomic E-state index is 0.596. The Bertz CT molecular complexity index is 581. The van der Waals surface area contributed by atoms with Gasteiger partial charge in [0.15, 0.2) is 0 Å². The monoisotopic (exact) mass is 372 g/mol. The highest BCUT2D eigenvalue weighted by molar-refractivity contribution is 5.37. The molecule has 2 unspecified atom stereocenters. The van der Waals surface area contributed by atoms with Crippen molar-refractivity contribution in [2.75, 3.05) is 57.8 Å². The van der Waals surface area contributed by atoms with Crippen LogP contribution in [-0.2, 0) is 6.54 Å². The third-order valence-corrected chi connectivity index (χ3v) is 6.48. The van der Waals surface area contributed by atoms with Gasteiger partial charge in [-0.2, -0.15) is 0 Å². The average molecular weight is 373 g/mol. The molecule has 0 saturated carbocycles. The van der Waals surface area contributed by atoms with Gasteiger partial charge in [0, 0.05) is 75.9 Å². The van der Waals surface area contributed by atoms with Gasteiger partial charge in [-0.1, -0.05) is 13.8 Å². The van der Waals surface area contributed by atoms with Crippen LogP contribution >= 0.6 is 0 Å². The Morgan fingerprint density at radius 2 is 1.56 bits per heavy atom. The maximum atomic E-state index is 4.76. The second kappa shape index (κ2) is 8.41. The molecule has 27 heavy (non-hydrogen) atoms. The van der Waals surface area contributed by atoms with Crippen molar-refractivity contribution in [3.8, 4) is 0 Å². The van der Waals surface area contributed by atoms with Gasteiger partial charge in [0.1, 0.15) is 0 Å². The fourth-order valence-electron chi connectivity index (χ4n) is 4.87. The van der Waals surface area contributed by atoms with E-state index in [1.54, 1.807) is 0 Å². The van der Waals surface area contributed by atoms with Gasteiger partial charge in [-0.25, -0.2) is 9.97 Å². The number of aromatic nitrogens is 2. The molecule has 3 saturated heterocycles. The largest absolute Gasteiger partial charge is 0.332 e. The molecule has 2 bridgehead atoms. The van der Waals surface area contributed by atoms with E-state index in [0.717, 1.165) is 44.6 Å². The minimum absolute atomic E-state index is 0.596. The zero-order valence-corrected chi connectivity index (χ0v) is 17.3. The molecule has 1 aromatic rings. The number of likely N-dealkylation sites (tertiary alicyclic amines) is 1. The quantitative estimate of drug-likeness (QED) is 0.760. The van der Waals surface area contributed by atoms with Crippen LogP contribution in [0.5, 0.6) is 0 Å². The van der Waals surface area contributed by atoms with E-state index in [4.69, 9.17) is 9.97 Å². The highest BCUT2D eigenvalue weighted by Crippen LogP contribution is 2.32. The van der Waals surface area contributed by atoms with Crippen molar-refractivity contribution in [2.45, 2.75) is 51.7 Å². The van der Waals surface area contributed by atoms with Crippen LogP contribution < -0.4 is 4.90 Å². The van der Waals surface area contributed by atoms with Crippen LogP contribution in [0, 0.1) is 5.92 Å². The fraction of sp³-hybridized carbons (Fsp3) is 0.810. The molecule has 0 radical (unpaired) electrons. The molecule has 3 fully saturated rings. The van der Waals surface area contributed by atoms with Gasteiger partial charge in [-0.3, -0.25) is 4.90 Å². The zero-order valence-electron chi connectivity index (χ0n) is 17.3. The topological polar surface area (TPSA) is 38.7 Å². The van der Waals surface area contributed by atoms with Crippen molar-refractivity contribution in [1.29, 1.82) is 0 Å². The fourth-order valence-corrected chi connectivity index (χ4v) is 4.87. The summed E-state index contributed by atoms with van der Waals surface area (Å²) in [6, 6.07) is 1.19. The van der Waals surface area contributed by atoms with Crippen molar-refractivity contribution in [3.63, 3.8) is 0 Å². The van der Waals surface area contributed by atoms with E-state index in [1.807, 2.05) is 0 Å². The summed E-state index contributed by atoms with van der Waals surface area (Å²) in [6.07, 6.45) is 7.99. The minimum Gasteiger partial charge on any atom is -0.332 e. The SMILES string of the molecule is CC(C)CCN1CCN(Cc2cnc(N3C4CCC3CN(C)C4)nc2)CC1. The predicted octanol–water partition coefficient (Wildman–Crippen LogP) is 1.92. The smallest absolute Gasteiger partial charge is 0.225 e. The molecule has 150 valence electrons. The summed E-state index contributed by atoms with van der Waals surface area (Å²) in [6.45, 7) is 13.8. The third-order valence-electron chi connectivity index (χ3n) is 6.48. The van der Waals surface area contributed by atoms with Crippen LogP contribution in [0.4, 0.5) is 5.95 Å². The molecule has 0 spiro atoms. The molecule has 1 aromatic heterocycles. The summed E-state index contributed by atoms with van der Waals surface area (Å²) >= 11 is 0. The van der Waals surface area contributed by atoms with E-state index in [2.05, 4.69) is 52.9 Å².